The maximum Gasteiger partial charge on any atom is 0.338 e. The standard InChI is InChI=1S/C18H20N2O2/c1-3-14-7-5-6-8-17(14)20-13-19-16-11-9-15(10-12-16)18(21)22-4-2/h5-13H,3-4H2,1-2H3,(H,19,20). The van der Waals surface area contributed by atoms with E-state index in [0.717, 1.165) is 17.8 Å². The zero-order chi connectivity index (χ0) is 15.8. The summed E-state index contributed by atoms with van der Waals surface area (Å²) in [6, 6.07) is 15.2. The normalized spacial score (nSPS) is 10.6. The number of rotatable bonds is 6. The van der Waals surface area contributed by atoms with E-state index in [9.17, 15) is 4.79 Å². The van der Waals surface area contributed by atoms with Crippen LogP contribution in [0.5, 0.6) is 0 Å². The molecule has 0 aliphatic rings. The summed E-state index contributed by atoms with van der Waals surface area (Å²) in [7, 11) is 0. The molecule has 0 bridgehead atoms. The first-order valence-electron chi connectivity index (χ1n) is 7.38. The zero-order valence-corrected chi connectivity index (χ0v) is 12.9. The molecule has 2 aromatic carbocycles. The van der Waals surface area contributed by atoms with Gasteiger partial charge >= 0.3 is 5.97 Å². The molecule has 4 nitrogen and oxygen atoms in total. The number of hydrogen-bond donors (Lipinski definition) is 1. The molecule has 114 valence electrons. The summed E-state index contributed by atoms with van der Waals surface area (Å²) in [6.45, 7) is 4.27. The maximum atomic E-state index is 11.6. The van der Waals surface area contributed by atoms with Crippen molar-refractivity contribution < 1.29 is 9.53 Å². The Morgan fingerprint density at radius 1 is 1.14 bits per heavy atom. The number of nitrogens with one attached hydrogen (secondary N) is 1. The lowest BCUT2D eigenvalue weighted by Gasteiger charge is -2.04. The molecular formula is C18H20N2O2. The first-order valence-corrected chi connectivity index (χ1v) is 7.38. The second kappa shape index (κ2) is 7.98. The molecule has 1 N–H and O–H groups in total. The lowest BCUT2D eigenvalue weighted by Crippen LogP contribution is -2.04. The van der Waals surface area contributed by atoms with Gasteiger partial charge in [-0.15, -0.1) is 0 Å². The van der Waals surface area contributed by atoms with Crippen LogP contribution in [0.4, 0.5) is 11.4 Å². The van der Waals surface area contributed by atoms with Gasteiger partial charge in [0.1, 0.15) is 0 Å². The van der Waals surface area contributed by atoms with E-state index in [0.29, 0.717) is 12.2 Å². The Kier molecular flexibility index (Phi) is 5.72. The molecule has 0 atom stereocenters. The third-order valence-electron chi connectivity index (χ3n) is 3.20. The van der Waals surface area contributed by atoms with E-state index in [1.165, 1.54) is 5.56 Å². The Balaban J connectivity index is 1.99. The molecule has 2 aromatic rings. The van der Waals surface area contributed by atoms with Gasteiger partial charge in [-0.25, -0.2) is 9.79 Å². The SMILES string of the molecule is CCOC(=O)c1ccc(NC=Nc2ccccc2CC)cc1. The molecule has 0 fully saturated rings. The molecule has 0 saturated heterocycles. The molecule has 0 heterocycles. The van der Waals surface area contributed by atoms with Crippen LogP contribution in [0.3, 0.4) is 0 Å². The predicted molar refractivity (Wildman–Crippen MR) is 90.0 cm³/mol. The van der Waals surface area contributed by atoms with Crippen LogP contribution in [0, 0.1) is 0 Å². The number of benzene rings is 2. The van der Waals surface area contributed by atoms with Crippen LogP contribution in [0.25, 0.3) is 0 Å². The van der Waals surface area contributed by atoms with Crippen molar-refractivity contribution in [1.29, 1.82) is 0 Å². The second-order valence-electron chi connectivity index (χ2n) is 4.68. The average molecular weight is 296 g/mol. The molecule has 0 aliphatic heterocycles. The highest BCUT2D eigenvalue weighted by molar-refractivity contribution is 5.90. The highest BCUT2D eigenvalue weighted by Crippen LogP contribution is 2.18. The van der Waals surface area contributed by atoms with Crippen molar-refractivity contribution in [2.75, 3.05) is 11.9 Å². The Morgan fingerprint density at radius 2 is 1.86 bits per heavy atom. The number of para-hydroxylation sites is 1. The monoisotopic (exact) mass is 296 g/mol. The van der Waals surface area contributed by atoms with Gasteiger partial charge in [0.05, 0.1) is 24.2 Å². The summed E-state index contributed by atoms with van der Waals surface area (Å²) >= 11 is 0. The molecule has 0 spiro atoms. The van der Waals surface area contributed by atoms with Gasteiger partial charge in [0, 0.05) is 5.69 Å². The van der Waals surface area contributed by atoms with Crippen molar-refractivity contribution in [3.63, 3.8) is 0 Å². The van der Waals surface area contributed by atoms with Gasteiger partial charge in [-0.3, -0.25) is 0 Å². The number of hydrogen-bond acceptors (Lipinski definition) is 3. The first kappa shape index (κ1) is 15.8. The topological polar surface area (TPSA) is 50.7 Å². The number of carbonyl (C=O) groups excluding carboxylic acids is 1. The van der Waals surface area contributed by atoms with Gasteiger partial charge in [-0.1, -0.05) is 25.1 Å². The van der Waals surface area contributed by atoms with Crippen molar-refractivity contribution in [3.8, 4) is 0 Å². The van der Waals surface area contributed by atoms with Gasteiger partial charge in [0.2, 0.25) is 0 Å². The molecule has 0 amide bonds. The van der Waals surface area contributed by atoms with Gasteiger partial charge in [0.25, 0.3) is 0 Å². The van der Waals surface area contributed by atoms with E-state index in [2.05, 4.69) is 23.3 Å². The van der Waals surface area contributed by atoms with Gasteiger partial charge in [-0.05, 0) is 49.2 Å². The minimum Gasteiger partial charge on any atom is -0.462 e. The lowest BCUT2D eigenvalue weighted by atomic mass is 10.1. The number of aryl methyl sites for hydroxylation is 1. The van der Waals surface area contributed by atoms with Crippen LogP contribution in [0.2, 0.25) is 0 Å². The van der Waals surface area contributed by atoms with E-state index in [1.54, 1.807) is 25.4 Å². The molecule has 0 radical (unpaired) electrons. The zero-order valence-electron chi connectivity index (χ0n) is 12.9. The smallest absolute Gasteiger partial charge is 0.338 e. The molecular weight excluding hydrogens is 276 g/mol. The molecule has 0 aliphatic carbocycles. The quantitative estimate of drug-likeness (QED) is 0.494. The van der Waals surface area contributed by atoms with E-state index < -0.39 is 0 Å². The fourth-order valence-corrected chi connectivity index (χ4v) is 2.03. The largest absolute Gasteiger partial charge is 0.462 e. The van der Waals surface area contributed by atoms with E-state index in [-0.39, 0.29) is 5.97 Å². The fourth-order valence-electron chi connectivity index (χ4n) is 2.03. The molecule has 2 rings (SSSR count). The predicted octanol–water partition coefficient (Wildman–Crippen LogP) is 4.20. The minimum atomic E-state index is -0.306. The highest BCUT2D eigenvalue weighted by atomic mass is 16.5. The summed E-state index contributed by atoms with van der Waals surface area (Å²) in [5, 5.41) is 3.10. The molecule has 0 aromatic heterocycles. The Morgan fingerprint density at radius 3 is 2.55 bits per heavy atom. The van der Waals surface area contributed by atoms with Crippen molar-refractivity contribution in [3.05, 3.63) is 59.7 Å². The Labute approximate surface area is 130 Å². The van der Waals surface area contributed by atoms with Crippen molar-refractivity contribution in [2.24, 2.45) is 4.99 Å². The highest BCUT2D eigenvalue weighted by Gasteiger charge is 2.04. The Bertz CT molecular complexity index is 648. The molecule has 0 saturated carbocycles. The first-order chi connectivity index (χ1) is 10.7. The Hall–Kier alpha value is -2.62. The average Bonchev–Trinajstić information content (AvgIpc) is 2.56. The van der Waals surface area contributed by atoms with Crippen LogP contribution in [-0.2, 0) is 11.2 Å². The summed E-state index contributed by atoms with van der Waals surface area (Å²) < 4.78 is 4.95. The van der Waals surface area contributed by atoms with Gasteiger partial charge in [0.15, 0.2) is 0 Å². The van der Waals surface area contributed by atoms with Crippen LogP contribution >= 0.6 is 0 Å². The number of aliphatic imine (C=N–C) groups is 1. The number of carbonyl (C=O) groups is 1. The lowest BCUT2D eigenvalue weighted by molar-refractivity contribution is 0.0526. The third kappa shape index (κ3) is 4.19. The number of esters is 1. The van der Waals surface area contributed by atoms with Crippen LogP contribution in [0.1, 0.15) is 29.8 Å². The van der Waals surface area contributed by atoms with Crippen molar-refractivity contribution in [2.45, 2.75) is 20.3 Å². The van der Waals surface area contributed by atoms with Gasteiger partial charge in [-0.2, -0.15) is 0 Å². The van der Waals surface area contributed by atoms with E-state index >= 15 is 0 Å². The fraction of sp³-hybridized carbons (Fsp3) is 0.222. The number of anilines is 1. The molecule has 0 unspecified atom stereocenters. The number of ether oxygens (including phenoxy) is 1. The van der Waals surface area contributed by atoms with Crippen molar-refractivity contribution >= 4 is 23.7 Å². The summed E-state index contributed by atoms with van der Waals surface area (Å²) in [4.78, 5) is 16.0. The van der Waals surface area contributed by atoms with E-state index in [1.807, 2.05) is 30.3 Å². The maximum absolute atomic E-state index is 11.6. The van der Waals surface area contributed by atoms with Crippen molar-refractivity contribution in [1.82, 2.24) is 0 Å². The second-order valence-corrected chi connectivity index (χ2v) is 4.68. The third-order valence-corrected chi connectivity index (χ3v) is 3.20. The van der Waals surface area contributed by atoms with E-state index in [4.69, 9.17) is 4.74 Å². The molecule has 4 heteroatoms. The summed E-state index contributed by atoms with van der Waals surface area (Å²) in [5.74, 6) is -0.306. The van der Waals surface area contributed by atoms with Crippen LogP contribution in [-0.4, -0.2) is 18.9 Å². The minimum absolute atomic E-state index is 0.306. The summed E-state index contributed by atoms with van der Waals surface area (Å²) in [6.07, 6.45) is 2.61. The molecule has 22 heavy (non-hydrogen) atoms. The van der Waals surface area contributed by atoms with Gasteiger partial charge < -0.3 is 10.1 Å². The van der Waals surface area contributed by atoms with Crippen LogP contribution in [0.15, 0.2) is 53.5 Å². The summed E-state index contributed by atoms with van der Waals surface area (Å²) in [5.41, 5.74) is 3.57. The van der Waals surface area contributed by atoms with Crippen LogP contribution < -0.4 is 5.32 Å². The number of nitrogens with zero attached hydrogens (tertiary/aromatic N) is 1.